The summed E-state index contributed by atoms with van der Waals surface area (Å²) >= 11 is 0. The third-order valence-electron chi connectivity index (χ3n) is 3.65. The molecule has 0 aromatic heterocycles. The van der Waals surface area contributed by atoms with Crippen molar-refractivity contribution in [3.05, 3.63) is 0 Å². The number of piperazine rings is 1. The number of rotatable bonds is 3. The van der Waals surface area contributed by atoms with Crippen LogP contribution in [0.15, 0.2) is 0 Å². The SMILES string of the molecule is C[C@H]1CN(C(=O)NCC2COCCO2)CCN1S(C)(=O)=O. The zero-order valence-electron chi connectivity index (χ0n) is 12.4. The standard InChI is InChI=1S/C12H23N3O5S/c1-10-8-14(3-4-15(10)21(2,17)18)12(16)13-7-11-9-19-5-6-20-11/h10-11H,3-9H2,1-2H3,(H,13,16)/t10-,11?/m0/s1. The number of carbonyl (C=O) groups excluding carboxylic acids is 1. The Balaban J connectivity index is 1.79. The number of sulfonamides is 1. The van der Waals surface area contributed by atoms with E-state index in [1.807, 2.05) is 0 Å². The fourth-order valence-electron chi connectivity index (χ4n) is 2.59. The van der Waals surface area contributed by atoms with Gasteiger partial charge in [-0.15, -0.1) is 0 Å². The van der Waals surface area contributed by atoms with Crippen molar-refractivity contribution in [1.29, 1.82) is 0 Å². The fraction of sp³-hybridized carbons (Fsp3) is 0.917. The Hall–Kier alpha value is -0.900. The van der Waals surface area contributed by atoms with Crippen LogP contribution in [0.4, 0.5) is 4.79 Å². The van der Waals surface area contributed by atoms with Crippen molar-refractivity contribution in [2.45, 2.75) is 19.1 Å². The van der Waals surface area contributed by atoms with Crippen molar-refractivity contribution in [2.75, 3.05) is 52.3 Å². The van der Waals surface area contributed by atoms with Crippen molar-refractivity contribution < 1.29 is 22.7 Å². The average Bonchev–Trinajstić information content (AvgIpc) is 2.44. The molecule has 2 heterocycles. The first-order chi connectivity index (χ1) is 9.88. The van der Waals surface area contributed by atoms with Crippen molar-refractivity contribution in [1.82, 2.24) is 14.5 Å². The topological polar surface area (TPSA) is 88.2 Å². The molecule has 2 saturated heterocycles. The second kappa shape index (κ2) is 6.91. The summed E-state index contributed by atoms with van der Waals surface area (Å²) in [4.78, 5) is 13.7. The molecule has 2 rings (SSSR count). The molecular weight excluding hydrogens is 298 g/mol. The van der Waals surface area contributed by atoms with Crippen LogP contribution in [0.25, 0.3) is 0 Å². The number of urea groups is 1. The number of amides is 2. The van der Waals surface area contributed by atoms with Crippen LogP contribution < -0.4 is 5.32 Å². The zero-order chi connectivity index (χ0) is 15.5. The molecule has 2 aliphatic heterocycles. The minimum Gasteiger partial charge on any atom is -0.376 e. The summed E-state index contributed by atoms with van der Waals surface area (Å²) < 4.78 is 35.3. The zero-order valence-corrected chi connectivity index (χ0v) is 13.3. The molecule has 122 valence electrons. The van der Waals surface area contributed by atoms with Gasteiger partial charge in [-0.25, -0.2) is 13.2 Å². The highest BCUT2D eigenvalue weighted by Gasteiger charge is 2.31. The monoisotopic (exact) mass is 321 g/mol. The fourth-order valence-corrected chi connectivity index (χ4v) is 3.72. The van der Waals surface area contributed by atoms with Crippen molar-refractivity contribution in [2.24, 2.45) is 0 Å². The number of hydrogen-bond acceptors (Lipinski definition) is 5. The summed E-state index contributed by atoms with van der Waals surface area (Å²) in [6.45, 7) is 4.94. The minimum atomic E-state index is -3.22. The van der Waals surface area contributed by atoms with Gasteiger partial charge in [-0.05, 0) is 6.92 Å². The molecule has 0 aromatic carbocycles. The Bertz CT molecular complexity index is 464. The van der Waals surface area contributed by atoms with E-state index >= 15 is 0 Å². The molecule has 1 N–H and O–H groups in total. The quantitative estimate of drug-likeness (QED) is 0.726. The second-order valence-electron chi connectivity index (χ2n) is 5.42. The molecule has 0 aliphatic carbocycles. The highest BCUT2D eigenvalue weighted by atomic mass is 32.2. The molecule has 0 spiro atoms. The molecule has 2 aliphatic rings. The van der Waals surface area contributed by atoms with Crippen LogP contribution in [-0.4, -0.2) is 88.1 Å². The van der Waals surface area contributed by atoms with E-state index in [2.05, 4.69) is 5.32 Å². The Kier molecular flexibility index (Phi) is 5.42. The number of carbonyl (C=O) groups is 1. The highest BCUT2D eigenvalue weighted by molar-refractivity contribution is 7.88. The van der Waals surface area contributed by atoms with E-state index in [1.165, 1.54) is 10.6 Å². The van der Waals surface area contributed by atoms with Gasteiger partial charge in [-0.2, -0.15) is 4.31 Å². The summed E-state index contributed by atoms with van der Waals surface area (Å²) in [7, 11) is -3.22. The summed E-state index contributed by atoms with van der Waals surface area (Å²) in [5, 5.41) is 2.81. The van der Waals surface area contributed by atoms with Gasteiger partial charge in [0.05, 0.1) is 32.2 Å². The van der Waals surface area contributed by atoms with E-state index in [0.29, 0.717) is 46.0 Å². The largest absolute Gasteiger partial charge is 0.376 e. The molecule has 0 radical (unpaired) electrons. The van der Waals surface area contributed by atoms with Gasteiger partial charge in [0.2, 0.25) is 10.0 Å². The Morgan fingerprint density at radius 2 is 2.10 bits per heavy atom. The van der Waals surface area contributed by atoms with Crippen LogP contribution in [0.3, 0.4) is 0 Å². The first-order valence-electron chi connectivity index (χ1n) is 7.07. The molecule has 2 atom stereocenters. The third kappa shape index (κ3) is 4.53. The van der Waals surface area contributed by atoms with E-state index in [9.17, 15) is 13.2 Å². The predicted molar refractivity (Wildman–Crippen MR) is 76.5 cm³/mol. The Morgan fingerprint density at radius 1 is 1.33 bits per heavy atom. The first-order valence-corrected chi connectivity index (χ1v) is 8.91. The van der Waals surface area contributed by atoms with E-state index in [4.69, 9.17) is 9.47 Å². The molecule has 1 unspecified atom stereocenters. The van der Waals surface area contributed by atoms with Crippen molar-refractivity contribution in [3.8, 4) is 0 Å². The van der Waals surface area contributed by atoms with Gasteiger partial charge in [-0.3, -0.25) is 0 Å². The van der Waals surface area contributed by atoms with Crippen LogP contribution in [-0.2, 0) is 19.5 Å². The van der Waals surface area contributed by atoms with Crippen molar-refractivity contribution in [3.63, 3.8) is 0 Å². The molecule has 9 heteroatoms. The average molecular weight is 321 g/mol. The molecule has 0 bridgehead atoms. The lowest BCUT2D eigenvalue weighted by Gasteiger charge is -2.38. The third-order valence-corrected chi connectivity index (χ3v) is 5.04. The van der Waals surface area contributed by atoms with Crippen LogP contribution in [0.1, 0.15) is 6.92 Å². The van der Waals surface area contributed by atoms with Gasteiger partial charge in [-0.1, -0.05) is 0 Å². The Labute approximate surface area is 125 Å². The molecule has 2 amide bonds. The number of nitrogens with one attached hydrogen (secondary N) is 1. The van der Waals surface area contributed by atoms with Gasteiger partial charge in [0.1, 0.15) is 0 Å². The highest BCUT2D eigenvalue weighted by Crippen LogP contribution is 2.13. The molecular formula is C12H23N3O5S. The number of ether oxygens (including phenoxy) is 2. The van der Waals surface area contributed by atoms with Crippen LogP contribution >= 0.6 is 0 Å². The maximum Gasteiger partial charge on any atom is 0.317 e. The summed E-state index contributed by atoms with van der Waals surface area (Å²) in [5.74, 6) is 0. The molecule has 0 aromatic rings. The lowest BCUT2D eigenvalue weighted by Crippen LogP contribution is -2.57. The minimum absolute atomic E-state index is 0.113. The molecule has 8 nitrogen and oxygen atoms in total. The summed E-state index contributed by atoms with van der Waals surface area (Å²) in [5.41, 5.74) is 0. The lowest BCUT2D eigenvalue weighted by atomic mass is 10.2. The molecule has 21 heavy (non-hydrogen) atoms. The first kappa shape index (κ1) is 16.5. The van der Waals surface area contributed by atoms with Crippen molar-refractivity contribution >= 4 is 16.1 Å². The Morgan fingerprint density at radius 3 is 2.67 bits per heavy atom. The summed E-state index contributed by atoms with van der Waals surface area (Å²) in [6.07, 6.45) is 1.08. The van der Waals surface area contributed by atoms with E-state index in [1.54, 1.807) is 11.8 Å². The van der Waals surface area contributed by atoms with Gasteiger partial charge in [0, 0.05) is 32.2 Å². The van der Waals surface area contributed by atoms with E-state index in [0.717, 1.165) is 0 Å². The smallest absolute Gasteiger partial charge is 0.317 e. The maximum absolute atomic E-state index is 12.1. The van der Waals surface area contributed by atoms with E-state index < -0.39 is 10.0 Å². The maximum atomic E-state index is 12.1. The number of nitrogens with zero attached hydrogens (tertiary/aromatic N) is 2. The molecule has 2 fully saturated rings. The lowest BCUT2D eigenvalue weighted by molar-refractivity contribution is -0.0856. The normalized spacial score (nSPS) is 28.4. The van der Waals surface area contributed by atoms with Gasteiger partial charge < -0.3 is 19.7 Å². The number of hydrogen-bond donors (Lipinski definition) is 1. The van der Waals surface area contributed by atoms with Gasteiger partial charge in [0.25, 0.3) is 0 Å². The van der Waals surface area contributed by atoms with Gasteiger partial charge >= 0.3 is 6.03 Å². The van der Waals surface area contributed by atoms with Crippen LogP contribution in [0, 0.1) is 0 Å². The molecule has 0 saturated carbocycles. The van der Waals surface area contributed by atoms with Crippen LogP contribution in [0.2, 0.25) is 0 Å². The summed E-state index contributed by atoms with van der Waals surface area (Å²) in [6, 6.07) is -0.405. The predicted octanol–water partition coefficient (Wildman–Crippen LogP) is -0.923. The second-order valence-corrected chi connectivity index (χ2v) is 7.36. The van der Waals surface area contributed by atoms with E-state index in [-0.39, 0.29) is 18.2 Å². The van der Waals surface area contributed by atoms with Gasteiger partial charge in [0.15, 0.2) is 0 Å². The van der Waals surface area contributed by atoms with Crippen LogP contribution in [0.5, 0.6) is 0 Å².